The third-order valence-corrected chi connectivity index (χ3v) is 17.2. The highest BCUT2D eigenvalue weighted by atomic mass is 79.9. The van der Waals surface area contributed by atoms with Crippen molar-refractivity contribution in [3.05, 3.63) is 27.5 Å². The Hall–Kier alpha value is -0.256. The maximum Gasteiger partial charge on any atom is 0.251 e. The lowest BCUT2D eigenvalue weighted by Crippen LogP contribution is -2.46. The van der Waals surface area contributed by atoms with Crippen LogP contribution in [-0.4, -0.2) is 51.2 Å². The van der Waals surface area contributed by atoms with Crippen molar-refractivity contribution in [2.24, 2.45) is 0 Å². The average molecular weight is 564 g/mol. The molecule has 0 bridgehead atoms. The van der Waals surface area contributed by atoms with E-state index < -0.39 is 22.7 Å². The van der Waals surface area contributed by atoms with Crippen LogP contribution >= 0.6 is 27.5 Å². The number of nitrogens with zero attached hydrogens (tertiary/aromatic N) is 2. The molecule has 9 heteroatoms. The molecule has 0 aliphatic carbocycles. The third kappa shape index (κ3) is 6.45. The monoisotopic (exact) mass is 562 g/mol. The number of likely N-dealkylation sites (tertiary alicyclic amines) is 1. The van der Waals surface area contributed by atoms with E-state index in [2.05, 4.69) is 88.6 Å². The Labute approximate surface area is 210 Å². The van der Waals surface area contributed by atoms with Crippen LogP contribution in [0, 0.1) is 0 Å². The molecule has 1 aliphatic rings. The molecule has 0 saturated carbocycles. The minimum absolute atomic E-state index is 0.0229. The maximum absolute atomic E-state index is 13.5. The van der Waals surface area contributed by atoms with Crippen LogP contribution in [0.1, 0.15) is 53.5 Å². The van der Waals surface area contributed by atoms with E-state index in [4.69, 9.17) is 20.5 Å². The molecule has 182 valence electrons. The van der Waals surface area contributed by atoms with E-state index in [-0.39, 0.29) is 22.0 Å². The van der Waals surface area contributed by atoms with Gasteiger partial charge in [-0.1, -0.05) is 53.1 Å². The highest BCUT2D eigenvalue weighted by Gasteiger charge is 2.47. The third-order valence-electron chi connectivity index (χ3n) is 7.39. The van der Waals surface area contributed by atoms with Crippen LogP contribution in [0.3, 0.4) is 0 Å². The molecular formula is C23H40BrClN2O3Si2. The van der Waals surface area contributed by atoms with Gasteiger partial charge in [0.25, 0.3) is 5.91 Å². The molecule has 32 heavy (non-hydrogen) atoms. The number of carbonyl (C=O) groups excluding carboxylic acids is 1. The molecular weight excluding hydrogens is 524 g/mol. The van der Waals surface area contributed by atoms with Crippen molar-refractivity contribution in [2.45, 2.75) is 103 Å². The zero-order chi connectivity index (χ0) is 24.7. The highest BCUT2D eigenvalue weighted by Crippen LogP contribution is 2.40. The fourth-order valence-electron chi connectivity index (χ4n) is 3.12. The maximum atomic E-state index is 13.5. The number of carbonyl (C=O) groups is 1. The SMILES string of the molecule is CC(C)(C)[Si](C)(C)OC[C@@H]1C[C@@H](O[Si](C)(C)C(C)(C)C)C(=O)N1Cc1cc(Br)cnc1Cl. The first-order valence-corrected chi connectivity index (χ1v) is 18.3. The van der Waals surface area contributed by atoms with Crippen LogP contribution < -0.4 is 0 Å². The lowest BCUT2D eigenvalue weighted by Gasteiger charge is -2.38. The molecule has 2 rings (SSSR count). The van der Waals surface area contributed by atoms with Gasteiger partial charge in [-0.25, -0.2) is 4.98 Å². The van der Waals surface area contributed by atoms with Crippen LogP contribution in [0.2, 0.25) is 41.4 Å². The molecule has 1 aromatic rings. The van der Waals surface area contributed by atoms with Gasteiger partial charge < -0.3 is 13.8 Å². The topological polar surface area (TPSA) is 51.7 Å². The summed E-state index contributed by atoms with van der Waals surface area (Å²) in [5, 5.41) is 0.555. The summed E-state index contributed by atoms with van der Waals surface area (Å²) < 4.78 is 13.9. The zero-order valence-electron chi connectivity index (χ0n) is 21.3. The van der Waals surface area contributed by atoms with Crippen molar-refractivity contribution >= 4 is 50.1 Å². The van der Waals surface area contributed by atoms with Crippen molar-refractivity contribution < 1.29 is 13.6 Å². The molecule has 2 heterocycles. The minimum Gasteiger partial charge on any atom is -0.415 e. The first-order chi connectivity index (χ1) is 14.4. The van der Waals surface area contributed by atoms with Gasteiger partial charge in [0.05, 0.1) is 12.6 Å². The Morgan fingerprint density at radius 3 is 2.22 bits per heavy atom. The molecule has 0 aromatic carbocycles. The Bertz CT molecular complexity index is 838. The number of halogens is 2. The second kappa shape index (κ2) is 9.78. The molecule has 2 atom stereocenters. The van der Waals surface area contributed by atoms with Gasteiger partial charge in [0.15, 0.2) is 16.6 Å². The molecule has 0 unspecified atom stereocenters. The predicted octanol–water partition coefficient (Wildman–Crippen LogP) is 7.01. The first kappa shape index (κ1) is 28.0. The van der Waals surface area contributed by atoms with Crippen LogP contribution in [0.15, 0.2) is 16.7 Å². The Balaban J connectivity index is 2.30. The minimum atomic E-state index is -2.10. The second-order valence-corrected chi connectivity index (χ2v) is 22.7. The summed E-state index contributed by atoms with van der Waals surface area (Å²) in [7, 11) is -4.05. The molecule has 0 N–H and O–H groups in total. The first-order valence-electron chi connectivity index (χ1n) is 11.3. The van der Waals surface area contributed by atoms with E-state index in [9.17, 15) is 4.79 Å². The summed E-state index contributed by atoms with van der Waals surface area (Å²) in [6.45, 7) is 23.1. The summed E-state index contributed by atoms with van der Waals surface area (Å²) in [5.74, 6) is 0.0229. The van der Waals surface area contributed by atoms with Gasteiger partial charge in [0.1, 0.15) is 11.3 Å². The number of pyridine rings is 1. The number of hydrogen-bond acceptors (Lipinski definition) is 4. The van der Waals surface area contributed by atoms with Crippen LogP contribution in [0.4, 0.5) is 0 Å². The van der Waals surface area contributed by atoms with Crippen molar-refractivity contribution in [2.75, 3.05) is 6.61 Å². The van der Waals surface area contributed by atoms with Gasteiger partial charge in [0, 0.05) is 29.2 Å². The fraction of sp³-hybridized carbons (Fsp3) is 0.739. The highest BCUT2D eigenvalue weighted by molar-refractivity contribution is 9.10. The van der Waals surface area contributed by atoms with E-state index in [0.717, 1.165) is 10.0 Å². The lowest BCUT2D eigenvalue weighted by atomic mass is 10.2. The molecule has 5 nitrogen and oxygen atoms in total. The standard InChI is InChI=1S/C23H40BrClN2O3Si2/c1-22(2,3)31(7,8)29-15-18-12-19(30-32(9,10)23(4,5)6)21(28)27(18)14-16-11-17(24)13-26-20(16)25/h11,13,18-19H,12,14-15H2,1-10H3/t18-,19+/m0/s1. The Kier molecular flexibility index (Phi) is 8.55. The molecule has 1 fully saturated rings. The number of aromatic nitrogens is 1. The smallest absolute Gasteiger partial charge is 0.251 e. The number of amides is 1. The van der Waals surface area contributed by atoms with E-state index in [1.165, 1.54) is 0 Å². The van der Waals surface area contributed by atoms with Crippen molar-refractivity contribution in [3.63, 3.8) is 0 Å². The van der Waals surface area contributed by atoms with Crippen molar-refractivity contribution in [1.82, 2.24) is 9.88 Å². The van der Waals surface area contributed by atoms with Crippen LogP contribution in [0.5, 0.6) is 0 Å². The molecule has 1 amide bonds. The average Bonchev–Trinajstić information content (AvgIpc) is 2.89. The lowest BCUT2D eigenvalue weighted by molar-refractivity contribution is -0.135. The van der Waals surface area contributed by atoms with E-state index in [1.807, 2.05) is 11.0 Å². The summed E-state index contributed by atoms with van der Waals surface area (Å²) in [6, 6.07) is 1.87. The number of hydrogen-bond donors (Lipinski definition) is 0. The summed E-state index contributed by atoms with van der Waals surface area (Å²) >= 11 is 9.83. The van der Waals surface area contributed by atoms with Gasteiger partial charge >= 0.3 is 0 Å². The van der Waals surface area contributed by atoms with Gasteiger partial charge in [-0.05, 0) is 58.3 Å². The van der Waals surface area contributed by atoms with Crippen molar-refractivity contribution in [1.29, 1.82) is 0 Å². The molecule has 0 spiro atoms. The summed E-state index contributed by atoms with van der Waals surface area (Å²) in [4.78, 5) is 19.7. The molecule has 1 aromatic heterocycles. The van der Waals surface area contributed by atoms with Crippen molar-refractivity contribution in [3.8, 4) is 0 Å². The van der Waals surface area contributed by atoms with E-state index in [0.29, 0.717) is 24.7 Å². The molecule has 1 aliphatic heterocycles. The number of rotatable bonds is 7. The quantitative estimate of drug-likeness (QED) is 0.264. The largest absolute Gasteiger partial charge is 0.415 e. The van der Waals surface area contributed by atoms with E-state index >= 15 is 0 Å². The van der Waals surface area contributed by atoms with Crippen LogP contribution in [-0.2, 0) is 20.2 Å². The molecule has 0 radical (unpaired) electrons. The Morgan fingerprint density at radius 1 is 1.12 bits per heavy atom. The molecule has 1 saturated heterocycles. The predicted molar refractivity (Wildman–Crippen MR) is 141 cm³/mol. The van der Waals surface area contributed by atoms with Gasteiger partial charge in [-0.3, -0.25) is 4.79 Å². The fourth-order valence-corrected chi connectivity index (χ4v) is 5.96. The van der Waals surface area contributed by atoms with Gasteiger partial charge in [-0.15, -0.1) is 0 Å². The van der Waals surface area contributed by atoms with Gasteiger partial charge in [0.2, 0.25) is 0 Å². The summed E-state index contributed by atoms with van der Waals surface area (Å²) in [6.07, 6.45) is 1.86. The normalized spacial score (nSPS) is 20.9. The van der Waals surface area contributed by atoms with Gasteiger partial charge in [-0.2, -0.15) is 0 Å². The zero-order valence-corrected chi connectivity index (χ0v) is 25.6. The second-order valence-electron chi connectivity index (χ2n) is 11.9. The van der Waals surface area contributed by atoms with E-state index in [1.54, 1.807) is 6.20 Å². The Morgan fingerprint density at radius 2 is 1.69 bits per heavy atom. The summed E-state index contributed by atoms with van der Waals surface area (Å²) in [5.41, 5.74) is 0.819. The van der Waals surface area contributed by atoms with Crippen LogP contribution in [0.25, 0.3) is 0 Å².